The molecule has 5 nitrogen and oxygen atoms in total. The van der Waals surface area contributed by atoms with Gasteiger partial charge in [-0.3, -0.25) is 4.79 Å². The lowest BCUT2D eigenvalue weighted by Gasteiger charge is -2.17. The van der Waals surface area contributed by atoms with Gasteiger partial charge in [-0.2, -0.15) is 0 Å². The van der Waals surface area contributed by atoms with Gasteiger partial charge in [-0.1, -0.05) is 23.7 Å². The van der Waals surface area contributed by atoms with E-state index in [1.54, 1.807) is 50.2 Å². The van der Waals surface area contributed by atoms with Gasteiger partial charge in [-0.25, -0.2) is 13.1 Å². The number of hydrogen-bond acceptors (Lipinski definition) is 3. The van der Waals surface area contributed by atoms with Crippen molar-refractivity contribution < 1.29 is 13.2 Å². The predicted octanol–water partition coefficient (Wildman–Crippen LogP) is 3.65. The van der Waals surface area contributed by atoms with Crippen molar-refractivity contribution in [2.24, 2.45) is 0 Å². The molecule has 128 valence electrons. The van der Waals surface area contributed by atoms with Crippen molar-refractivity contribution in [2.45, 2.75) is 31.7 Å². The van der Waals surface area contributed by atoms with Crippen molar-refractivity contribution in [2.75, 3.05) is 5.32 Å². The van der Waals surface area contributed by atoms with E-state index >= 15 is 0 Å². The Morgan fingerprint density at radius 1 is 1.17 bits per heavy atom. The van der Waals surface area contributed by atoms with E-state index in [1.165, 1.54) is 13.0 Å². The summed E-state index contributed by atoms with van der Waals surface area (Å²) < 4.78 is 27.8. The van der Waals surface area contributed by atoms with Gasteiger partial charge in [0, 0.05) is 23.7 Å². The fourth-order valence-electron chi connectivity index (χ4n) is 2.37. The van der Waals surface area contributed by atoms with Crippen molar-refractivity contribution in [1.82, 2.24) is 4.72 Å². The van der Waals surface area contributed by atoms with Crippen LogP contribution in [0, 0.1) is 6.92 Å². The monoisotopic (exact) mass is 366 g/mol. The first-order valence-corrected chi connectivity index (χ1v) is 9.21. The van der Waals surface area contributed by atoms with Crippen LogP contribution in [0.5, 0.6) is 0 Å². The van der Waals surface area contributed by atoms with Gasteiger partial charge in [-0.15, -0.1) is 0 Å². The third-order valence-corrected chi connectivity index (χ3v) is 5.40. The Hall–Kier alpha value is -1.89. The smallest absolute Gasteiger partial charge is 0.241 e. The molecule has 0 bridgehead atoms. The molecule has 1 atom stereocenters. The molecule has 0 fully saturated rings. The van der Waals surface area contributed by atoms with Crippen LogP contribution in [0.3, 0.4) is 0 Å². The Bertz CT molecular complexity index is 866. The number of aryl methyl sites for hydroxylation is 1. The molecule has 7 heteroatoms. The van der Waals surface area contributed by atoms with Gasteiger partial charge in [0.15, 0.2) is 0 Å². The first-order chi connectivity index (χ1) is 11.2. The lowest BCUT2D eigenvalue weighted by molar-refractivity contribution is -0.114. The van der Waals surface area contributed by atoms with Crippen molar-refractivity contribution >= 4 is 33.2 Å². The van der Waals surface area contributed by atoms with Crippen LogP contribution in [0.1, 0.15) is 31.0 Å². The summed E-state index contributed by atoms with van der Waals surface area (Å²) >= 11 is 5.88. The molecule has 0 aliphatic rings. The number of halogens is 1. The molecule has 0 heterocycles. The van der Waals surface area contributed by atoms with E-state index in [2.05, 4.69) is 10.0 Å². The molecule has 0 aliphatic carbocycles. The van der Waals surface area contributed by atoms with Crippen LogP contribution in [0.15, 0.2) is 47.4 Å². The summed E-state index contributed by atoms with van der Waals surface area (Å²) in [5.74, 6) is -0.183. The molecule has 0 unspecified atom stereocenters. The number of carbonyl (C=O) groups excluding carboxylic acids is 1. The maximum absolute atomic E-state index is 12.6. The van der Waals surface area contributed by atoms with Crippen LogP contribution in [-0.4, -0.2) is 14.3 Å². The number of rotatable bonds is 5. The van der Waals surface area contributed by atoms with E-state index in [0.717, 1.165) is 5.56 Å². The first-order valence-electron chi connectivity index (χ1n) is 7.35. The van der Waals surface area contributed by atoms with Gasteiger partial charge in [0.25, 0.3) is 0 Å². The highest BCUT2D eigenvalue weighted by molar-refractivity contribution is 7.89. The van der Waals surface area contributed by atoms with E-state index in [4.69, 9.17) is 11.6 Å². The van der Waals surface area contributed by atoms with Crippen LogP contribution in [0.2, 0.25) is 5.02 Å². The van der Waals surface area contributed by atoms with Crippen LogP contribution in [0.4, 0.5) is 5.69 Å². The Morgan fingerprint density at radius 3 is 2.50 bits per heavy atom. The molecule has 0 spiro atoms. The molecule has 0 aliphatic heterocycles. The molecule has 1 amide bonds. The van der Waals surface area contributed by atoms with Gasteiger partial charge < -0.3 is 5.32 Å². The average Bonchev–Trinajstić information content (AvgIpc) is 2.45. The normalized spacial score (nSPS) is 12.7. The zero-order valence-electron chi connectivity index (χ0n) is 13.6. The van der Waals surface area contributed by atoms with Crippen molar-refractivity contribution in [3.8, 4) is 0 Å². The Labute approximate surface area is 147 Å². The summed E-state index contributed by atoms with van der Waals surface area (Å²) in [5, 5.41) is 3.17. The molecule has 0 radical (unpaired) electrons. The second-order valence-electron chi connectivity index (χ2n) is 5.56. The molecule has 0 saturated heterocycles. The SMILES string of the molecule is CC(=O)Nc1cccc([C@H](C)NS(=O)(=O)c2ccc(Cl)cc2C)c1. The summed E-state index contributed by atoms with van der Waals surface area (Å²) in [5.41, 5.74) is 1.94. The summed E-state index contributed by atoms with van der Waals surface area (Å²) in [6, 6.07) is 11.2. The maximum atomic E-state index is 12.6. The maximum Gasteiger partial charge on any atom is 0.241 e. The van der Waals surface area contributed by atoms with E-state index in [1.807, 2.05) is 0 Å². The zero-order chi connectivity index (χ0) is 17.9. The summed E-state index contributed by atoms with van der Waals surface area (Å²) in [6.45, 7) is 4.86. The van der Waals surface area contributed by atoms with E-state index in [9.17, 15) is 13.2 Å². The van der Waals surface area contributed by atoms with Gasteiger partial charge in [-0.05, 0) is 55.3 Å². The second kappa shape index (κ2) is 7.34. The summed E-state index contributed by atoms with van der Waals surface area (Å²) in [7, 11) is -3.69. The minimum Gasteiger partial charge on any atom is -0.326 e. The Balaban J connectivity index is 2.24. The molecule has 0 aromatic heterocycles. The topological polar surface area (TPSA) is 75.3 Å². The molecule has 2 N–H and O–H groups in total. The van der Waals surface area contributed by atoms with Crippen LogP contribution in [-0.2, 0) is 14.8 Å². The number of benzene rings is 2. The van der Waals surface area contributed by atoms with Crippen molar-refractivity contribution in [3.63, 3.8) is 0 Å². The Morgan fingerprint density at radius 2 is 1.88 bits per heavy atom. The standard InChI is InChI=1S/C17H19ClN2O3S/c1-11-9-15(18)7-8-17(11)24(22,23)20-12(2)14-5-4-6-16(10-14)19-13(3)21/h4-10,12,20H,1-3H3,(H,19,21)/t12-/m0/s1. The predicted molar refractivity (Wildman–Crippen MR) is 95.7 cm³/mol. The number of anilines is 1. The molecule has 24 heavy (non-hydrogen) atoms. The van der Waals surface area contributed by atoms with Crippen LogP contribution < -0.4 is 10.0 Å². The van der Waals surface area contributed by atoms with Crippen molar-refractivity contribution in [1.29, 1.82) is 0 Å². The lowest BCUT2D eigenvalue weighted by Crippen LogP contribution is -2.27. The number of hydrogen-bond donors (Lipinski definition) is 2. The molecular formula is C17H19ClN2O3S. The Kier molecular flexibility index (Phi) is 5.64. The highest BCUT2D eigenvalue weighted by Crippen LogP contribution is 2.23. The van der Waals surface area contributed by atoms with Gasteiger partial charge >= 0.3 is 0 Å². The highest BCUT2D eigenvalue weighted by atomic mass is 35.5. The first kappa shape index (κ1) is 18.4. The largest absolute Gasteiger partial charge is 0.326 e. The van der Waals surface area contributed by atoms with Crippen molar-refractivity contribution in [3.05, 3.63) is 58.6 Å². The molecule has 2 aromatic rings. The number of amides is 1. The second-order valence-corrected chi connectivity index (χ2v) is 7.68. The van der Waals surface area contributed by atoms with E-state index < -0.39 is 16.1 Å². The van der Waals surface area contributed by atoms with Gasteiger partial charge in [0.2, 0.25) is 15.9 Å². The minimum absolute atomic E-state index is 0.183. The van der Waals surface area contributed by atoms with Gasteiger partial charge in [0.1, 0.15) is 0 Å². The number of sulfonamides is 1. The van der Waals surface area contributed by atoms with Crippen LogP contribution in [0.25, 0.3) is 0 Å². The van der Waals surface area contributed by atoms with E-state index in [-0.39, 0.29) is 10.8 Å². The lowest BCUT2D eigenvalue weighted by atomic mass is 10.1. The summed E-state index contributed by atoms with van der Waals surface area (Å²) in [6.07, 6.45) is 0. The van der Waals surface area contributed by atoms with Gasteiger partial charge in [0.05, 0.1) is 4.90 Å². The molecule has 2 rings (SSSR count). The fourth-order valence-corrected chi connectivity index (χ4v) is 4.05. The van der Waals surface area contributed by atoms with Crippen LogP contribution >= 0.6 is 11.6 Å². The molecular weight excluding hydrogens is 348 g/mol. The molecule has 2 aromatic carbocycles. The summed E-state index contributed by atoms with van der Waals surface area (Å²) in [4.78, 5) is 11.3. The number of nitrogens with one attached hydrogen (secondary N) is 2. The highest BCUT2D eigenvalue weighted by Gasteiger charge is 2.20. The third-order valence-electron chi connectivity index (χ3n) is 3.47. The minimum atomic E-state index is -3.69. The van der Waals surface area contributed by atoms with E-state index in [0.29, 0.717) is 16.3 Å². The third kappa shape index (κ3) is 4.56. The number of carbonyl (C=O) groups is 1. The fraction of sp³-hybridized carbons (Fsp3) is 0.235. The quantitative estimate of drug-likeness (QED) is 0.848. The average molecular weight is 367 g/mol. The zero-order valence-corrected chi connectivity index (χ0v) is 15.2. The molecule has 0 saturated carbocycles.